The highest BCUT2D eigenvalue weighted by Crippen LogP contribution is 2.41. The number of aromatic nitrogens is 2. The number of Topliss-reactive ketones (excluding diaryl/α,β-unsaturated/α-hetero) is 1. The van der Waals surface area contributed by atoms with Crippen molar-refractivity contribution in [3.8, 4) is 0 Å². The Hall–Kier alpha value is -3.67. The van der Waals surface area contributed by atoms with Crippen LogP contribution in [0.15, 0.2) is 66.0 Å². The maximum absolute atomic E-state index is 13.1. The number of allylic oxidation sites excluding steroid dienone is 2. The lowest BCUT2D eigenvalue weighted by molar-refractivity contribution is -0.116. The van der Waals surface area contributed by atoms with E-state index in [2.05, 4.69) is 15.7 Å². The van der Waals surface area contributed by atoms with Crippen LogP contribution in [0.5, 0.6) is 0 Å². The first-order valence-electron chi connectivity index (χ1n) is 10.6. The number of amides is 1. The van der Waals surface area contributed by atoms with Crippen LogP contribution in [0, 0.1) is 13.8 Å². The Labute approximate surface area is 181 Å². The molecular formula is C25H24N4O2. The summed E-state index contributed by atoms with van der Waals surface area (Å²) >= 11 is 0. The first-order valence-corrected chi connectivity index (χ1v) is 10.6. The van der Waals surface area contributed by atoms with Crippen LogP contribution in [0.2, 0.25) is 0 Å². The minimum atomic E-state index is -0.334. The van der Waals surface area contributed by atoms with E-state index in [4.69, 9.17) is 0 Å². The fourth-order valence-corrected chi connectivity index (χ4v) is 4.38. The SMILES string of the molecule is Cc1ccc([C@H]2C3=C(CCCC3=O)Nc3c(C(=O)Nc4ccccc4C)cnn32)cc1. The van der Waals surface area contributed by atoms with E-state index in [1.54, 1.807) is 10.9 Å². The van der Waals surface area contributed by atoms with Crippen LogP contribution < -0.4 is 10.6 Å². The molecule has 0 spiro atoms. The second-order valence-electron chi connectivity index (χ2n) is 8.23. The number of aryl methyl sites for hydroxylation is 2. The second-order valence-corrected chi connectivity index (χ2v) is 8.23. The zero-order valence-electron chi connectivity index (χ0n) is 17.6. The highest BCUT2D eigenvalue weighted by Gasteiger charge is 2.37. The molecule has 0 bridgehead atoms. The number of nitrogens with one attached hydrogen (secondary N) is 2. The predicted octanol–water partition coefficient (Wildman–Crippen LogP) is 4.77. The summed E-state index contributed by atoms with van der Waals surface area (Å²) < 4.78 is 1.78. The number of benzene rings is 2. The first-order chi connectivity index (χ1) is 15.0. The average Bonchev–Trinajstić information content (AvgIpc) is 3.18. The number of ketones is 1. The van der Waals surface area contributed by atoms with E-state index >= 15 is 0 Å². The van der Waals surface area contributed by atoms with Crippen molar-refractivity contribution in [1.29, 1.82) is 0 Å². The molecule has 2 aliphatic rings. The van der Waals surface area contributed by atoms with E-state index in [0.717, 1.165) is 46.5 Å². The fraction of sp³-hybridized carbons (Fsp3) is 0.240. The number of hydrogen-bond donors (Lipinski definition) is 2. The number of para-hydroxylation sites is 1. The number of carbonyl (C=O) groups is 2. The third-order valence-electron chi connectivity index (χ3n) is 6.07. The molecular weight excluding hydrogens is 388 g/mol. The Kier molecular flexibility index (Phi) is 4.70. The van der Waals surface area contributed by atoms with Crippen molar-refractivity contribution in [2.45, 2.75) is 39.2 Å². The zero-order valence-corrected chi connectivity index (χ0v) is 17.6. The lowest BCUT2D eigenvalue weighted by Crippen LogP contribution is -2.32. The maximum Gasteiger partial charge on any atom is 0.261 e. The molecule has 0 radical (unpaired) electrons. The molecule has 3 aromatic rings. The van der Waals surface area contributed by atoms with Crippen molar-refractivity contribution < 1.29 is 9.59 Å². The van der Waals surface area contributed by atoms with Gasteiger partial charge in [-0.05, 0) is 43.9 Å². The molecule has 0 saturated heterocycles. The number of fused-ring (bicyclic) bond motifs is 1. The third kappa shape index (κ3) is 3.34. The summed E-state index contributed by atoms with van der Waals surface area (Å²) in [6.07, 6.45) is 3.72. The van der Waals surface area contributed by atoms with Gasteiger partial charge in [0.1, 0.15) is 17.4 Å². The van der Waals surface area contributed by atoms with Crippen LogP contribution in [-0.4, -0.2) is 21.5 Å². The van der Waals surface area contributed by atoms with E-state index in [1.807, 2.05) is 62.4 Å². The molecule has 0 unspecified atom stereocenters. The molecule has 156 valence electrons. The van der Waals surface area contributed by atoms with E-state index < -0.39 is 0 Å². The number of nitrogens with zero attached hydrogens (tertiary/aromatic N) is 2. The van der Waals surface area contributed by atoms with Crippen molar-refractivity contribution in [2.24, 2.45) is 0 Å². The first kappa shape index (κ1) is 19.3. The van der Waals surface area contributed by atoms with Crippen molar-refractivity contribution in [1.82, 2.24) is 9.78 Å². The molecule has 0 fully saturated rings. The van der Waals surface area contributed by atoms with Gasteiger partial charge >= 0.3 is 0 Å². The van der Waals surface area contributed by atoms with Gasteiger partial charge in [0.25, 0.3) is 5.91 Å². The van der Waals surface area contributed by atoms with E-state index in [0.29, 0.717) is 17.8 Å². The van der Waals surface area contributed by atoms with Gasteiger partial charge in [0.15, 0.2) is 5.78 Å². The lowest BCUT2D eigenvalue weighted by atomic mass is 9.85. The minimum Gasteiger partial charge on any atom is -0.343 e. The quantitative estimate of drug-likeness (QED) is 0.649. The molecule has 5 rings (SSSR count). The van der Waals surface area contributed by atoms with Gasteiger partial charge in [-0.1, -0.05) is 48.0 Å². The van der Waals surface area contributed by atoms with Crippen molar-refractivity contribution in [2.75, 3.05) is 10.6 Å². The van der Waals surface area contributed by atoms with Crippen molar-refractivity contribution in [3.63, 3.8) is 0 Å². The highest BCUT2D eigenvalue weighted by atomic mass is 16.1. The van der Waals surface area contributed by atoms with Crippen LogP contribution in [0.25, 0.3) is 0 Å². The monoisotopic (exact) mass is 412 g/mol. The summed E-state index contributed by atoms with van der Waals surface area (Å²) in [6, 6.07) is 15.5. The Morgan fingerprint density at radius 2 is 1.87 bits per heavy atom. The minimum absolute atomic E-state index is 0.145. The van der Waals surface area contributed by atoms with Gasteiger partial charge in [0.05, 0.1) is 6.20 Å². The largest absolute Gasteiger partial charge is 0.343 e. The number of rotatable bonds is 3. The van der Waals surface area contributed by atoms with Gasteiger partial charge in [0.2, 0.25) is 0 Å². The molecule has 2 heterocycles. The van der Waals surface area contributed by atoms with Gasteiger partial charge in [-0.15, -0.1) is 0 Å². The molecule has 1 aliphatic heterocycles. The number of hydrogen-bond acceptors (Lipinski definition) is 4. The molecule has 1 aromatic heterocycles. The topological polar surface area (TPSA) is 76.0 Å². The summed E-state index contributed by atoms with van der Waals surface area (Å²) in [4.78, 5) is 26.0. The van der Waals surface area contributed by atoms with E-state index in [-0.39, 0.29) is 17.7 Å². The maximum atomic E-state index is 13.1. The number of carbonyl (C=O) groups excluding carboxylic acids is 2. The molecule has 6 nitrogen and oxygen atoms in total. The van der Waals surface area contributed by atoms with Gasteiger partial charge in [-0.3, -0.25) is 9.59 Å². The average molecular weight is 412 g/mol. The zero-order chi connectivity index (χ0) is 21.5. The normalized spacial score (nSPS) is 17.6. The Bertz CT molecular complexity index is 1220. The smallest absolute Gasteiger partial charge is 0.261 e. The molecule has 2 aromatic carbocycles. The molecule has 2 N–H and O–H groups in total. The molecule has 31 heavy (non-hydrogen) atoms. The van der Waals surface area contributed by atoms with Gasteiger partial charge < -0.3 is 10.6 Å². The standard InChI is InChI=1S/C25H24N4O2/c1-15-10-12-17(13-11-15)23-22-20(8-5-9-21(22)30)27-24-18(14-26-29(23)24)25(31)28-19-7-4-3-6-16(19)2/h3-4,6-7,10-14,23,27H,5,8-9H2,1-2H3,(H,28,31)/t23-/m0/s1. The summed E-state index contributed by atoms with van der Waals surface area (Å²) in [5.41, 5.74) is 6.03. The Morgan fingerprint density at radius 1 is 1.10 bits per heavy atom. The second kappa shape index (κ2) is 7.54. The summed E-state index contributed by atoms with van der Waals surface area (Å²) in [5.74, 6) is 0.549. The van der Waals surface area contributed by atoms with E-state index in [1.165, 1.54) is 0 Å². The van der Waals surface area contributed by atoms with E-state index in [9.17, 15) is 9.59 Å². The molecule has 1 atom stereocenters. The summed E-state index contributed by atoms with van der Waals surface area (Å²) in [7, 11) is 0. The Morgan fingerprint density at radius 3 is 2.65 bits per heavy atom. The Balaban J connectivity index is 1.58. The molecule has 0 saturated carbocycles. The van der Waals surface area contributed by atoms with Crippen LogP contribution in [0.1, 0.15) is 52.4 Å². The van der Waals surface area contributed by atoms with Gasteiger partial charge in [0, 0.05) is 23.4 Å². The molecule has 1 aliphatic carbocycles. The van der Waals surface area contributed by atoms with Crippen molar-refractivity contribution in [3.05, 3.63) is 88.3 Å². The molecule has 1 amide bonds. The summed E-state index contributed by atoms with van der Waals surface area (Å²) in [5, 5.41) is 10.9. The van der Waals surface area contributed by atoms with Crippen LogP contribution in [0.3, 0.4) is 0 Å². The van der Waals surface area contributed by atoms with Crippen molar-refractivity contribution >= 4 is 23.2 Å². The van der Waals surface area contributed by atoms with Gasteiger partial charge in [-0.2, -0.15) is 5.10 Å². The summed E-state index contributed by atoms with van der Waals surface area (Å²) in [6.45, 7) is 4.00. The highest BCUT2D eigenvalue weighted by molar-refractivity contribution is 6.08. The fourth-order valence-electron chi connectivity index (χ4n) is 4.38. The van der Waals surface area contributed by atoms with Crippen LogP contribution in [-0.2, 0) is 4.79 Å². The number of anilines is 2. The lowest BCUT2D eigenvalue weighted by Gasteiger charge is -2.33. The van der Waals surface area contributed by atoms with Crippen LogP contribution >= 0.6 is 0 Å². The van der Waals surface area contributed by atoms with Gasteiger partial charge in [-0.25, -0.2) is 4.68 Å². The third-order valence-corrected chi connectivity index (χ3v) is 6.07. The predicted molar refractivity (Wildman–Crippen MR) is 120 cm³/mol. The van der Waals surface area contributed by atoms with Crippen LogP contribution in [0.4, 0.5) is 11.5 Å². The molecule has 6 heteroatoms.